The molecule has 0 aromatic heterocycles. The lowest BCUT2D eigenvalue weighted by atomic mass is 10.00. The highest BCUT2D eigenvalue weighted by Gasteiger charge is 2.09. The normalized spacial score (nSPS) is 12.4. The summed E-state index contributed by atoms with van der Waals surface area (Å²) in [7, 11) is 0. The largest absolute Gasteiger partial charge is 0.324 e. The Bertz CT molecular complexity index is 557. The molecular weight excluding hydrogens is 361 g/mol. The number of rotatable bonds is 3. The quantitative estimate of drug-likeness (QED) is 0.837. The van der Waals surface area contributed by atoms with Gasteiger partial charge in [0.2, 0.25) is 0 Å². The summed E-state index contributed by atoms with van der Waals surface area (Å²) in [6.45, 7) is 0. The first-order valence-electron chi connectivity index (χ1n) is 5.51. The van der Waals surface area contributed by atoms with Gasteiger partial charge in [-0.2, -0.15) is 0 Å². The van der Waals surface area contributed by atoms with Crippen LogP contribution >= 0.6 is 31.9 Å². The van der Waals surface area contributed by atoms with Crippen LogP contribution in [0.25, 0.3) is 0 Å². The van der Waals surface area contributed by atoms with E-state index in [1.807, 2.05) is 30.3 Å². The van der Waals surface area contributed by atoms with Crippen LogP contribution in [0.5, 0.6) is 0 Å². The minimum atomic E-state index is -0.280. The third-order valence-electron chi connectivity index (χ3n) is 2.72. The first-order valence-corrected chi connectivity index (χ1v) is 7.10. The van der Waals surface area contributed by atoms with Crippen molar-refractivity contribution in [3.63, 3.8) is 0 Å². The predicted octanol–water partition coefficient (Wildman–Crippen LogP) is 4.59. The van der Waals surface area contributed by atoms with Crippen molar-refractivity contribution in [1.29, 1.82) is 0 Å². The second-order valence-corrected chi connectivity index (χ2v) is 5.88. The molecule has 0 radical (unpaired) electrons. The summed E-state index contributed by atoms with van der Waals surface area (Å²) in [6, 6.07) is 12.8. The van der Waals surface area contributed by atoms with Crippen LogP contribution < -0.4 is 5.73 Å². The van der Waals surface area contributed by atoms with E-state index in [-0.39, 0.29) is 11.9 Å². The summed E-state index contributed by atoms with van der Waals surface area (Å²) >= 11 is 6.56. The van der Waals surface area contributed by atoms with Crippen molar-refractivity contribution in [2.75, 3.05) is 0 Å². The molecule has 4 heteroatoms. The highest BCUT2D eigenvalue weighted by molar-refractivity contribution is 9.10. The van der Waals surface area contributed by atoms with Crippen molar-refractivity contribution in [2.45, 2.75) is 12.5 Å². The van der Waals surface area contributed by atoms with E-state index in [9.17, 15) is 4.39 Å². The van der Waals surface area contributed by atoms with Crippen molar-refractivity contribution in [1.82, 2.24) is 0 Å². The molecule has 94 valence electrons. The maximum absolute atomic E-state index is 13.4. The van der Waals surface area contributed by atoms with E-state index >= 15 is 0 Å². The van der Waals surface area contributed by atoms with Gasteiger partial charge in [-0.3, -0.25) is 0 Å². The molecule has 0 fully saturated rings. The Kier molecular flexibility index (Phi) is 4.54. The molecule has 18 heavy (non-hydrogen) atoms. The maximum atomic E-state index is 13.4. The Balaban J connectivity index is 2.16. The number of benzene rings is 2. The van der Waals surface area contributed by atoms with Gasteiger partial charge >= 0.3 is 0 Å². The van der Waals surface area contributed by atoms with E-state index in [2.05, 4.69) is 31.9 Å². The van der Waals surface area contributed by atoms with Gasteiger partial charge in [-0.25, -0.2) is 4.39 Å². The molecule has 2 rings (SSSR count). The van der Waals surface area contributed by atoms with Crippen LogP contribution in [0.3, 0.4) is 0 Å². The van der Waals surface area contributed by atoms with Crippen molar-refractivity contribution >= 4 is 31.9 Å². The van der Waals surface area contributed by atoms with Crippen molar-refractivity contribution < 1.29 is 4.39 Å². The van der Waals surface area contributed by atoms with E-state index in [0.29, 0.717) is 10.9 Å². The third kappa shape index (κ3) is 3.40. The number of hydrogen-bond donors (Lipinski definition) is 1. The number of nitrogens with two attached hydrogens (primary N) is 1. The minimum absolute atomic E-state index is 0.207. The van der Waals surface area contributed by atoms with Crippen molar-refractivity contribution in [3.8, 4) is 0 Å². The van der Waals surface area contributed by atoms with Gasteiger partial charge in [0.15, 0.2) is 0 Å². The van der Waals surface area contributed by atoms with E-state index < -0.39 is 0 Å². The summed E-state index contributed by atoms with van der Waals surface area (Å²) in [6.07, 6.45) is 0.681. The van der Waals surface area contributed by atoms with Gasteiger partial charge in [0.25, 0.3) is 0 Å². The Labute approximate surface area is 122 Å². The van der Waals surface area contributed by atoms with Crippen LogP contribution in [0.4, 0.5) is 4.39 Å². The standard InChI is InChI=1S/C14H12Br2FN/c15-11-3-1-2-9(6-11)7-14(18)10-4-5-12(16)13(17)8-10/h1-6,8,14H,7,18H2. The molecular formula is C14H12Br2FN. The Morgan fingerprint density at radius 2 is 1.89 bits per heavy atom. The number of halogens is 3. The monoisotopic (exact) mass is 371 g/mol. The summed E-state index contributed by atoms with van der Waals surface area (Å²) in [5.74, 6) is -0.280. The second-order valence-electron chi connectivity index (χ2n) is 4.11. The van der Waals surface area contributed by atoms with E-state index in [0.717, 1.165) is 15.6 Å². The summed E-state index contributed by atoms with van der Waals surface area (Å²) in [4.78, 5) is 0. The fourth-order valence-electron chi connectivity index (χ4n) is 1.78. The summed E-state index contributed by atoms with van der Waals surface area (Å²) in [5.41, 5.74) is 8.03. The van der Waals surface area contributed by atoms with Gasteiger partial charge in [-0.1, -0.05) is 34.1 Å². The fraction of sp³-hybridized carbons (Fsp3) is 0.143. The van der Waals surface area contributed by atoms with Crippen molar-refractivity contribution in [3.05, 3.63) is 68.4 Å². The topological polar surface area (TPSA) is 26.0 Å². The molecule has 0 bridgehead atoms. The zero-order chi connectivity index (χ0) is 13.1. The maximum Gasteiger partial charge on any atom is 0.137 e. The minimum Gasteiger partial charge on any atom is -0.324 e. The van der Waals surface area contributed by atoms with Gasteiger partial charge in [0.05, 0.1) is 4.47 Å². The highest BCUT2D eigenvalue weighted by atomic mass is 79.9. The molecule has 0 aliphatic rings. The van der Waals surface area contributed by atoms with Crippen LogP contribution in [0.15, 0.2) is 51.4 Å². The Hall–Kier alpha value is -0.710. The Morgan fingerprint density at radius 3 is 2.56 bits per heavy atom. The average molecular weight is 373 g/mol. The second kappa shape index (κ2) is 5.95. The lowest BCUT2D eigenvalue weighted by Gasteiger charge is -2.13. The summed E-state index contributed by atoms with van der Waals surface area (Å²) in [5, 5.41) is 0. The van der Waals surface area contributed by atoms with Crippen LogP contribution in [0.2, 0.25) is 0 Å². The van der Waals surface area contributed by atoms with Gasteiger partial charge in [-0.15, -0.1) is 0 Å². The number of hydrogen-bond acceptors (Lipinski definition) is 1. The lowest BCUT2D eigenvalue weighted by Crippen LogP contribution is -2.13. The molecule has 0 saturated carbocycles. The predicted molar refractivity (Wildman–Crippen MR) is 78.9 cm³/mol. The molecule has 1 nitrogen and oxygen atoms in total. The van der Waals surface area contributed by atoms with E-state index in [1.54, 1.807) is 6.07 Å². The molecule has 0 saturated heterocycles. The SMILES string of the molecule is NC(Cc1cccc(Br)c1)c1ccc(Br)c(F)c1. The average Bonchev–Trinajstić information content (AvgIpc) is 2.32. The first-order chi connectivity index (χ1) is 8.56. The highest BCUT2D eigenvalue weighted by Crippen LogP contribution is 2.22. The van der Waals surface area contributed by atoms with E-state index in [1.165, 1.54) is 6.07 Å². The molecule has 0 heterocycles. The first kappa shape index (κ1) is 13.7. The van der Waals surface area contributed by atoms with Gasteiger partial charge < -0.3 is 5.73 Å². The van der Waals surface area contributed by atoms with Crippen LogP contribution in [-0.4, -0.2) is 0 Å². The molecule has 0 aliphatic heterocycles. The molecule has 1 atom stereocenters. The molecule has 2 aromatic rings. The molecule has 0 aliphatic carbocycles. The lowest BCUT2D eigenvalue weighted by molar-refractivity contribution is 0.612. The van der Waals surface area contributed by atoms with Gasteiger partial charge in [0.1, 0.15) is 5.82 Å². The van der Waals surface area contributed by atoms with Gasteiger partial charge in [0, 0.05) is 10.5 Å². The van der Waals surface area contributed by atoms with Crippen LogP contribution in [-0.2, 0) is 6.42 Å². The Morgan fingerprint density at radius 1 is 1.11 bits per heavy atom. The fourth-order valence-corrected chi connectivity index (χ4v) is 2.47. The van der Waals surface area contributed by atoms with Crippen LogP contribution in [0, 0.1) is 5.82 Å². The molecule has 2 aromatic carbocycles. The van der Waals surface area contributed by atoms with E-state index in [4.69, 9.17) is 5.73 Å². The zero-order valence-electron chi connectivity index (χ0n) is 9.54. The molecule has 1 unspecified atom stereocenters. The van der Waals surface area contributed by atoms with Gasteiger partial charge in [-0.05, 0) is 57.7 Å². The zero-order valence-corrected chi connectivity index (χ0v) is 12.7. The molecule has 0 spiro atoms. The van der Waals surface area contributed by atoms with Crippen LogP contribution in [0.1, 0.15) is 17.2 Å². The third-order valence-corrected chi connectivity index (χ3v) is 3.85. The smallest absolute Gasteiger partial charge is 0.137 e. The molecule has 2 N–H and O–H groups in total. The summed E-state index contributed by atoms with van der Waals surface area (Å²) < 4.78 is 14.9. The molecule has 0 amide bonds. The van der Waals surface area contributed by atoms with Crippen molar-refractivity contribution in [2.24, 2.45) is 5.73 Å².